The van der Waals surface area contributed by atoms with Crippen LogP contribution in [0.3, 0.4) is 0 Å². The van der Waals surface area contributed by atoms with Crippen LogP contribution in [-0.4, -0.2) is 29.5 Å². The molecular formula is C17H22O6. The van der Waals surface area contributed by atoms with Crippen molar-refractivity contribution in [1.29, 1.82) is 0 Å². The van der Waals surface area contributed by atoms with E-state index >= 15 is 0 Å². The fourth-order valence-electron chi connectivity index (χ4n) is 2.03. The van der Waals surface area contributed by atoms with Crippen molar-refractivity contribution in [2.24, 2.45) is 0 Å². The largest absolute Gasteiger partial charge is 0.504 e. The summed E-state index contributed by atoms with van der Waals surface area (Å²) in [7, 11) is 0. The normalized spacial score (nSPS) is 12.3. The number of benzene rings is 1. The molecule has 0 amide bonds. The van der Waals surface area contributed by atoms with Gasteiger partial charge in [-0.3, -0.25) is 0 Å². The fraction of sp³-hybridized carbons (Fsp3) is 0.471. The second kappa shape index (κ2) is 7.87. The van der Waals surface area contributed by atoms with Gasteiger partial charge in [0.15, 0.2) is 5.75 Å². The number of unbranched alkanes of at least 4 members (excludes halogenated alkanes) is 1. The first-order valence-corrected chi connectivity index (χ1v) is 7.77. The average Bonchev–Trinajstić information content (AvgIpc) is 2.55. The van der Waals surface area contributed by atoms with Crippen molar-refractivity contribution < 1.29 is 24.1 Å². The smallest absolute Gasteiger partial charge is 0.383 e. The van der Waals surface area contributed by atoms with E-state index in [2.05, 4.69) is 0 Å². The lowest BCUT2D eigenvalue weighted by atomic mass is 10.2. The van der Waals surface area contributed by atoms with Gasteiger partial charge in [0.05, 0.1) is 18.1 Å². The summed E-state index contributed by atoms with van der Waals surface area (Å²) in [5.41, 5.74) is -0.432. The van der Waals surface area contributed by atoms with Gasteiger partial charge in [0, 0.05) is 6.61 Å². The molecule has 2 aromatic rings. The van der Waals surface area contributed by atoms with E-state index in [1.807, 2.05) is 13.8 Å². The Morgan fingerprint density at radius 1 is 1.30 bits per heavy atom. The molecule has 1 unspecified atom stereocenters. The first-order chi connectivity index (χ1) is 11.1. The summed E-state index contributed by atoms with van der Waals surface area (Å²) in [5.74, 6) is 0.135. The lowest BCUT2D eigenvalue weighted by Crippen LogP contribution is -2.15. The predicted octanol–water partition coefficient (Wildman–Crippen LogP) is 2.83. The molecule has 0 aliphatic heterocycles. The van der Waals surface area contributed by atoms with E-state index in [9.17, 15) is 9.90 Å². The lowest BCUT2D eigenvalue weighted by Gasteiger charge is -2.13. The first-order valence-electron chi connectivity index (χ1n) is 7.77. The Hall–Kier alpha value is -2.21. The molecule has 0 fully saturated rings. The Kier molecular flexibility index (Phi) is 5.87. The van der Waals surface area contributed by atoms with E-state index in [1.54, 1.807) is 18.2 Å². The first kappa shape index (κ1) is 17.1. The topological polar surface area (TPSA) is 89.1 Å². The average molecular weight is 322 g/mol. The minimum Gasteiger partial charge on any atom is -0.504 e. The maximum Gasteiger partial charge on any atom is 0.383 e. The van der Waals surface area contributed by atoms with Crippen LogP contribution in [0.4, 0.5) is 0 Å². The van der Waals surface area contributed by atoms with Crippen LogP contribution in [0, 0.1) is 0 Å². The third kappa shape index (κ3) is 4.16. The monoisotopic (exact) mass is 322 g/mol. The Bertz CT molecular complexity index is 706. The van der Waals surface area contributed by atoms with Crippen LogP contribution in [0.15, 0.2) is 27.4 Å². The maximum atomic E-state index is 11.9. The van der Waals surface area contributed by atoms with Gasteiger partial charge >= 0.3 is 5.63 Å². The molecule has 0 bridgehead atoms. The number of aliphatic hydroxyl groups is 1. The molecular weight excluding hydrogens is 300 g/mol. The van der Waals surface area contributed by atoms with Gasteiger partial charge in [0.25, 0.3) is 0 Å². The van der Waals surface area contributed by atoms with Gasteiger partial charge in [0.2, 0.25) is 5.75 Å². The quantitative estimate of drug-likeness (QED) is 0.574. The molecule has 1 aromatic carbocycles. The van der Waals surface area contributed by atoms with Gasteiger partial charge in [-0.2, -0.15) is 0 Å². The van der Waals surface area contributed by atoms with Crippen LogP contribution >= 0.6 is 0 Å². The molecule has 1 aromatic heterocycles. The van der Waals surface area contributed by atoms with Crippen LogP contribution in [0.1, 0.15) is 33.1 Å². The van der Waals surface area contributed by atoms with Crippen LogP contribution in [-0.2, 0) is 0 Å². The molecule has 1 atom stereocenters. The molecule has 0 aliphatic rings. The van der Waals surface area contributed by atoms with Crippen LogP contribution in [0.2, 0.25) is 0 Å². The van der Waals surface area contributed by atoms with Crippen molar-refractivity contribution in [2.45, 2.75) is 39.2 Å². The zero-order valence-corrected chi connectivity index (χ0v) is 13.4. The van der Waals surface area contributed by atoms with Gasteiger partial charge in [-0.25, -0.2) is 4.79 Å². The highest BCUT2D eigenvalue weighted by Gasteiger charge is 2.18. The van der Waals surface area contributed by atoms with E-state index in [1.165, 1.54) is 0 Å². The summed E-state index contributed by atoms with van der Waals surface area (Å²) in [6.07, 6.45) is 1.89. The van der Waals surface area contributed by atoms with Crippen molar-refractivity contribution in [2.75, 3.05) is 13.2 Å². The number of hydrogen-bond acceptors (Lipinski definition) is 6. The van der Waals surface area contributed by atoms with Crippen LogP contribution in [0.25, 0.3) is 11.0 Å². The molecule has 0 saturated heterocycles. The molecule has 126 valence electrons. The summed E-state index contributed by atoms with van der Waals surface area (Å²) in [5, 5.41) is 19.4. The highest BCUT2D eigenvalue weighted by Crippen LogP contribution is 2.34. The Labute approximate surface area is 134 Å². The molecule has 2 N–H and O–H groups in total. The number of aromatic hydroxyl groups is 1. The predicted molar refractivity (Wildman–Crippen MR) is 86.3 cm³/mol. The van der Waals surface area contributed by atoms with E-state index < -0.39 is 5.63 Å². The lowest BCUT2D eigenvalue weighted by molar-refractivity contribution is 0.200. The van der Waals surface area contributed by atoms with E-state index in [0.29, 0.717) is 30.6 Å². The van der Waals surface area contributed by atoms with Crippen molar-refractivity contribution >= 4 is 11.0 Å². The van der Waals surface area contributed by atoms with Crippen molar-refractivity contribution in [3.8, 4) is 17.2 Å². The Morgan fingerprint density at radius 2 is 2.09 bits per heavy atom. The fourth-order valence-corrected chi connectivity index (χ4v) is 2.03. The maximum absolute atomic E-state index is 11.9. The zero-order valence-electron chi connectivity index (χ0n) is 13.4. The standard InChI is InChI=1S/C17H22O6/c1-3-11(2)22-16-15(19)13-10-12(21-9-5-4-8-18)6-7-14(13)23-17(16)20/h6-7,10-11,18-19H,3-5,8-9H2,1-2H3. The minimum absolute atomic E-state index is 0.128. The highest BCUT2D eigenvalue weighted by atomic mass is 16.5. The molecule has 6 heteroatoms. The van der Waals surface area contributed by atoms with Gasteiger partial charge in [-0.05, 0) is 44.4 Å². The van der Waals surface area contributed by atoms with Crippen molar-refractivity contribution in [3.63, 3.8) is 0 Å². The molecule has 1 heterocycles. The van der Waals surface area contributed by atoms with Crippen molar-refractivity contribution in [1.82, 2.24) is 0 Å². The van der Waals surface area contributed by atoms with Gasteiger partial charge in [0.1, 0.15) is 11.3 Å². The summed E-state index contributed by atoms with van der Waals surface area (Å²) < 4.78 is 16.2. The SMILES string of the molecule is CCC(C)Oc1c(O)c2cc(OCCCCO)ccc2oc1=O. The van der Waals surface area contributed by atoms with Gasteiger partial charge in [-0.15, -0.1) is 0 Å². The third-order valence-corrected chi connectivity index (χ3v) is 3.52. The molecule has 2 rings (SSSR count). The number of ether oxygens (including phenoxy) is 2. The van der Waals surface area contributed by atoms with E-state index in [0.717, 1.165) is 6.42 Å². The Morgan fingerprint density at radius 3 is 2.78 bits per heavy atom. The minimum atomic E-state index is -0.702. The molecule has 6 nitrogen and oxygen atoms in total. The van der Waals surface area contributed by atoms with E-state index in [-0.39, 0.29) is 29.8 Å². The van der Waals surface area contributed by atoms with E-state index in [4.69, 9.17) is 19.0 Å². The van der Waals surface area contributed by atoms with Crippen LogP contribution < -0.4 is 15.1 Å². The number of hydrogen-bond donors (Lipinski definition) is 2. The number of rotatable bonds is 8. The van der Waals surface area contributed by atoms with Crippen LogP contribution in [0.5, 0.6) is 17.2 Å². The molecule has 0 radical (unpaired) electrons. The van der Waals surface area contributed by atoms with Crippen molar-refractivity contribution in [3.05, 3.63) is 28.6 Å². The molecule has 0 aliphatic carbocycles. The number of fused-ring (bicyclic) bond motifs is 1. The summed E-state index contributed by atoms with van der Waals surface area (Å²) in [6, 6.07) is 4.85. The Balaban J connectivity index is 2.30. The molecule has 0 spiro atoms. The number of aliphatic hydroxyl groups excluding tert-OH is 1. The van der Waals surface area contributed by atoms with Gasteiger partial charge < -0.3 is 24.1 Å². The molecule has 0 saturated carbocycles. The highest BCUT2D eigenvalue weighted by molar-refractivity contribution is 5.86. The summed E-state index contributed by atoms with van der Waals surface area (Å²) in [4.78, 5) is 11.9. The zero-order chi connectivity index (χ0) is 16.8. The summed E-state index contributed by atoms with van der Waals surface area (Å²) in [6.45, 7) is 4.32. The van der Waals surface area contributed by atoms with Gasteiger partial charge in [-0.1, -0.05) is 6.92 Å². The summed E-state index contributed by atoms with van der Waals surface area (Å²) >= 11 is 0. The second-order valence-corrected chi connectivity index (χ2v) is 5.34. The molecule has 23 heavy (non-hydrogen) atoms. The third-order valence-electron chi connectivity index (χ3n) is 3.52. The second-order valence-electron chi connectivity index (χ2n) is 5.34.